The molecule has 11 rings (SSSR count). The Hall–Kier alpha value is -7.10. The second-order valence-corrected chi connectivity index (χ2v) is 15.1. The van der Waals surface area contributed by atoms with Crippen LogP contribution >= 0.6 is 0 Å². The average molecular weight is 719 g/mol. The number of rotatable bonds is 6. The van der Waals surface area contributed by atoms with Crippen LogP contribution in [0.3, 0.4) is 0 Å². The normalized spacial score (nSPS) is 12.5. The molecule has 0 bridgehead atoms. The topological polar surface area (TPSA) is 21.3 Å². The van der Waals surface area contributed by atoms with Crippen molar-refractivity contribution < 1.29 is 4.42 Å². The van der Waals surface area contributed by atoms with Crippen LogP contribution in [0.2, 0.25) is 0 Å². The Morgan fingerprint density at radius 1 is 0.464 bits per heavy atom. The highest BCUT2D eigenvalue weighted by Gasteiger charge is 2.20. The number of anilines is 3. The maximum absolute atomic E-state index is 6.73. The zero-order valence-electron chi connectivity index (χ0n) is 31.5. The van der Waals surface area contributed by atoms with E-state index in [1.165, 1.54) is 71.3 Å². The third-order valence-corrected chi connectivity index (χ3v) is 11.9. The van der Waals surface area contributed by atoms with Crippen LogP contribution in [0.1, 0.15) is 30.5 Å². The van der Waals surface area contributed by atoms with E-state index in [0.29, 0.717) is 0 Å². The van der Waals surface area contributed by atoms with Gasteiger partial charge in [-0.25, -0.2) is 0 Å². The van der Waals surface area contributed by atoms with Crippen molar-refractivity contribution in [1.29, 1.82) is 0 Å². The molecular formula is C53H38N2O. The summed E-state index contributed by atoms with van der Waals surface area (Å²) in [5, 5.41) is 9.85. The summed E-state index contributed by atoms with van der Waals surface area (Å²) >= 11 is 0. The summed E-state index contributed by atoms with van der Waals surface area (Å²) in [4.78, 5) is 2.34. The van der Waals surface area contributed by atoms with Crippen molar-refractivity contribution >= 4 is 93.5 Å². The first-order valence-electron chi connectivity index (χ1n) is 19.3. The minimum Gasteiger partial charge on any atom is -0.456 e. The Bertz CT molecular complexity index is 3340. The molecular weight excluding hydrogens is 681 g/mol. The van der Waals surface area contributed by atoms with Gasteiger partial charge in [-0.3, -0.25) is 0 Å². The summed E-state index contributed by atoms with van der Waals surface area (Å²) in [5.41, 5.74) is 14.8. The molecule has 9 aromatic carbocycles. The standard InChI is InChI=1S/C53H38N2O/c1-33-12-7-10-18-47(33)54(43-24-22-36-13-8-9-14-39(36)29-43)44-25-27-46-45-26-23-38(31-50(45)56-51(46)32-44)34(2)35(3)41-28-40-21-20-37-15-11-19-48-52(37)53(40)49(30-41)55(48)42-16-5-4-6-17-42/h4-32H,1-3H3/b35-34+. The maximum Gasteiger partial charge on any atom is 0.137 e. The molecule has 11 aromatic rings. The first-order valence-corrected chi connectivity index (χ1v) is 19.3. The number of aryl methyl sites for hydroxylation is 1. The fraction of sp³-hybridized carbons (Fsp3) is 0.0566. The van der Waals surface area contributed by atoms with Gasteiger partial charge in [0.05, 0.1) is 11.0 Å². The fourth-order valence-electron chi connectivity index (χ4n) is 8.89. The molecule has 0 atom stereocenters. The maximum atomic E-state index is 6.73. The molecule has 0 aliphatic heterocycles. The molecule has 0 saturated carbocycles. The van der Waals surface area contributed by atoms with Crippen LogP contribution in [0, 0.1) is 6.92 Å². The SMILES string of the molecule is C/C(=C(/C)c1cc2ccc3cccc4c3c2c(c1)n4-c1ccccc1)c1ccc2c(c1)oc1cc(N(c3ccc4ccccc4c3)c3ccccc3C)ccc12. The molecule has 0 aliphatic rings. The third kappa shape index (κ3) is 4.98. The van der Waals surface area contributed by atoms with Crippen LogP contribution in [0.25, 0.3) is 82.1 Å². The van der Waals surface area contributed by atoms with E-state index < -0.39 is 0 Å². The van der Waals surface area contributed by atoms with Gasteiger partial charge < -0.3 is 13.9 Å². The molecule has 3 heteroatoms. The van der Waals surface area contributed by atoms with Crippen molar-refractivity contribution in [2.45, 2.75) is 20.8 Å². The molecule has 0 fully saturated rings. The summed E-state index contributed by atoms with van der Waals surface area (Å²) in [6.07, 6.45) is 0. The Morgan fingerprint density at radius 3 is 1.96 bits per heavy atom. The van der Waals surface area contributed by atoms with Gasteiger partial charge in [-0.2, -0.15) is 0 Å². The lowest BCUT2D eigenvalue weighted by Gasteiger charge is -2.27. The van der Waals surface area contributed by atoms with Crippen LogP contribution in [-0.4, -0.2) is 4.57 Å². The molecule has 0 N–H and O–H groups in total. The summed E-state index contributed by atoms with van der Waals surface area (Å²) in [6, 6.07) is 63.7. The van der Waals surface area contributed by atoms with Gasteiger partial charge in [-0.05, 0) is 143 Å². The molecule has 0 radical (unpaired) electrons. The first-order chi connectivity index (χ1) is 27.5. The number of para-hydroxylation sites is 2. The molecule has 0 amide bonds. The molecule has 2 heterocycles. The van der Waals surface area contributed by atoms with E-state index in [1.807, 2.05) is 0 Å². The van der Waals surface area contributed by atoms with Gasteiger partial charge >= 0.3 is 0 Å². The van der Waals surface area contributed by atoms with E-state index in [-0.39, 0.29) is 0 Å². The molecule has 0 saturated heterocycles. The highest BCUT2D eigenvalue weighted by atomic mass is 16.3. The van der Waals surface area contributed by atoms with Gasteiger partial charge in [-0.1, -0.05) is 97.1 Å². The molecule has 0 unspecified atom stereocenters. The van der Waals surface area contributed by atoms with E-state index in [2.05, 4.69) is 206 Å². The van der Waals surface area contributed by atoms with Gasteiger partial charge in [0.1, 0.15) is 11.2 Å². The highest BCUT2D eigenvalue weighted by molar-refractivity contribution is 6.25. The Balaban J connectivity index is 1.02. The van der Waals surface area contributed by atoms with Crippen molar-refractivity contribution in [3.63, 3.8) is 0 Å². The predicted molar refractivity (Wildman–Crippen MR) is 238 cm³/mol. The number of hydrogen-bond donors (Lipinski definition) is 0. The zero-order chi connectivity index (χ0) is 37.5. The number of furan rings is 1. The van der Waals surface area contributed by atoms with Crippen molar-refractivity contribution in [3.8, 4) is 5.69 Å². The van der Waals surface area contributed by atoms with Gasteiger partial charge in [0.25, 0.3) is 0 Å². The van der Waals surface area contributed by atoms with E-state index in [1.54, 1.807) is 0 Å². The summed E-state index contributed by atoms with van der Waals surface area (Å²) in [6.45, 7) is 6.65. The van der Waals surface area contributed by atoms with Crippen molar-refractivity contribution in [2.75, 3.05) is 4.90 Å². The van der Waals surface area contributed by atoms with Crippen molar-refractivity contribution in [1.82, 2.24) is 4.57 Å². The van der Waals surface area contributed by atoms with E-state index in [9.17, 15) is 0 Å². The predicted octanol–water partition coefficient (Wildman–Crippen LogP) is 15.2. The largest absolute Gasteiger partial charge is 0.456 e. The minimum atomic E-state index is 0.872. The molecule has 3 nitrogen and oxygen atoms in total. The van der Waals surface area contributed by atoms with Gasteiger partial charge in [0.15, 0.2) is 0 Å². The number of fused-ring (bicyclic) bond motifs is 4. The molecule has 56 heavy (non-hydrogen) atoms. The Labute approximate surface area is 325 Å². The number of hydrogen-bond acceptors (Lipinski definition) is 2. The highest BCUT2D eigenvalue weighted by Crippen LogP contribution is 2.43. The van der Waals surface area contributed by atoms with E-state index in [4.69, 9.17) is 4.42 Å². The lowest BCUT2D eigenvalue weighted by Crippen LogP contribution is -2.11. The number of allylic oxidation sites excluding steroid dienone is 2. The number of nitrogens with zero attached hydrogens (tertiary/aromatic N) is 2. The summed E-state index contributed by atoms with van der Waals surface area (Å²) < 4.78 is 9.15. The second-order valence-electron chi connectivity index (χ2n) is 15.1. The quantitative estimate of drug-likeness (QED) is 0.126. The van der Waals surface area contributed by atoms with Crippen LogP contribution in [-0.2, 0) is 0 Å². The Kier molecular flexibility index (Phi) is 7.20. The summed E-state index contributed by atoms with van der Waals surface area (Å²) in [7, 11) is 0. The van der Waals surface area contributed by atoms with Gasteiger partial charge in [-0.15, -0.1) is 0 Å². The van der Waals surface area contributed by atoms with E-state index >= 15 is 0 Å². The minimum absolute atomic E-state index is 0.872. The first kappa shape index (κ1) is 32.3. The smallest absolute Gasteiger partial charge is 0.137 e. The molecule has 2 aromatic heterocycles. The number of benzene rings is 9. The van der Waals surface area contributed by atoms with Gasteiger partial charge in [0.2, 0.25) is 0 Å². The lowest BCUT2D eigenvalue weighted by atomic mass is 9.93. The average Bonchev–Trinajstić information content (AvgIpc) is 3.79. The number of aromatic nitrogens is 1. The zero-order valence-corrected chi connectivity index (χ0v) is 31.5. The fourth-order valence-corrected chi connectivity index (χ4v) is 8.89. The van der Waals surface area contributed by atoms with Crippen molar-refractivity contribution in [3.05, 3.63) is 193 Å². The van der Waals surface area contributed by atoms with Crippen LogP contribution < -0.4 is 4.90 Å². The van der Waals surface area contributed by atoms with Gasteiger partial charge in [0, 0.05) is 50.4 Å². The second kappa shape index (κ2) is 12.5. The molecule has 266 valence electrons. The monoisotopic (exact) mass is 718 g/mol. The molecule has 0 aliphatic carbocycles. The summed E-state index contributed by atoms with van der Waals surface area (Å²) in [5.74, 6) is 0. The van der Waals surface area contributed by atoms with Crippen LogP contribution in [0.4, 0.5) is 17.1 Å². The Morgan fingerprint density at radius 2 is 1.11 bits per heavy atom. The molecule has 0 spiro atoms. The lowest BCUT2D eigenvalue weighted by molar-refractivity contribution is 0.669. The van der Waals surface area contributed by atoms with E-state index in [0.717, 1.165) is 44.6 Å². The third-order valence-electron chi connectivity index (χ3n) is 11.9. The van der Waals surface area contributed by atoms with Crippen LogP contribution in [0.5, 0.6) is 0 Å². The van der Waals surface area contributed by atoms with Crippen molar-refractivity contribution in [2.24, 2.45) is 0 Å². The van der Waals surface area contributed by atoms with Crippen LogP contribution in [0.15, 0.2) is 180 Å².